The lowest BCUT2D eigenvalue weighted by atomic mass is 9.80. The molecule has 0 aliphatic rings. The van der Waals surface area contributed by atoms with Crippen LogP contribution in [0.1, 0.15) is 38.3 Å². The molecule has 1 aromatic carbocycles. The van der Waals surface area contributed by atoms with E-state index in [0.717, 1.165) is 23.4 Å². The zero-order valence-corrected chi connectivity index (χ0v) is 12.0. The molecule has 2 N–H and O–H groups in total. The van der Waals surface area contributed by atoms with Crippen LogP contribution in [-0.2, 0) is 0 Å². The third-order valence-corrected chi connectivity index (χ3v) is 4.28. The standard InChI is InChI=1S/C14H23ClN2/c1-5-14(6-2,17(3)4)13(16)11-9-7-8-10-12(11)15/h7-10,13H,5-6,16H2,1-4H3. The average Bonchev–Trinajstić information content (AvgIpc) is 2.31. The van der Waals surface area contributed by atoms with Crippen LogP contribution in [0.5, 0.6) is 0 Å². The highest BCUT2D eigenvalue weighted by Crippen LogP contribution is 2.36. The quantitative estimate of drug-likeness (QED) is 0.872. The zero-order valence-electron chi connectivity index (χ0n) is 11.2. The molecule has 0 spiro atoms. The summed E-state index contributed by atoms with van der Waals surface area (Å²) in [5.41, 5.74) is 7.47. The van der Waals surface area contributed by atoms with Crippen LogP contribution in [0.4, 0.5) is 0 Å². The zero-order chi connectivity index (χ0) is 13.1. The van der Waals surface area contributed by atoms with Gasteiger partial charge in [-0.15, -0.1) is 0 Å². The highest BCUT2D eigenvalue weighted by Gasteiger charge is 2.37. The normalized spacial score (nSPS) is 14.1. The van der Waals surface area contributed by atoms with Gasteiger partial charge in [-0.25, -0.2) is 0 Å². The molecule has 0 heterocycles. The van der Waals surface area contributed by atoms with Gasteiger partial charge < -0.3 is 10.6 Å². The van der Waals surface area contributed by atoms with E-state index in [1.165, 1.54) is 0 Å². The van der Waals surface area contributed by atoms with E-state index in [-0.39, 0.29) is 11.6 Å². The summed E-state index contributed by atoms with van der Waals surface area (Å²) in [7, 11) is 4.17. The van der Waals surface area contributed by atoms with Crippen LogP contribution >= 0.6 is 11.6 Å². The van der Waals surface area contributed by atoms with Gasteiger partial charge in [0.15, 0.2) is 0 Å². The molecule has 0 saturated heterocycles. The Labute approximate surface area is 110 Å². The van der Waals surface area contributed by atoms with Crippen LogP contribution in [-0.4, -0.2) is 24.5 Å². The summed E-state index contributed by atoms with van der Waals surface area (Å²) in [6.45, 7) is 4.36. The van der Waals surface area contributed by atoms with Crippen molar-refractivity contribution in [2.45, 2.75) is 38.3 Å². The van der Waals surface area contributed by atoms with Gasteiger partial charge in [-0.1, -0.05) is 43.6 Å². The lowest BCUT2D eigenvalue weighted by Gasteiger charge is -2.44. The third-order valence-electron chi connectivity index (χ3n) is 3.93. The Morgan fingerprint density at radius 1 is 1.24 bits per heavy atom. The first-order valence-corrected chi connectivity index (χ1v) is 6.54. The van der Waals surface area contributed by atoms with E-state index in [1.54, 1.807) is 0 Å². The molecule has 96 valence electrons. The number of nitrogens with zero attached hydrogens (tertiary/aromatic N) is 1. The molecular formula is C14H23ClN2. The number of likely N-dealkylation sites (N-methyl/N-ethyl adjacent to an activating group) is 1. The van der Waals surface area contributed by atoms with Crippen molar-refractivity contribution in [2.75, 3.05) is 14.1 Å². The van der Waals surface area contributed by atoms with Crippen molar-refractivity contribution >= 4 is 11.6 Å². The van der Waals surface area contributed by atoms with Crippen LogP contribution in [0.15, 0.2) is 24.3 Å². The number of hydrogen-bond donors (Lipinski definition) is 1. The van der Waals surface area contributed by atoms with Crippen LogP contribution in [0, 0.1) is 0 Å². The van der Waals surface area contributed by atoms with E-state index in [0.29, 0.717) is 0 Å². The number of nitrogens with two attached hydrogens (primary N) is 1. The molecule has 0 bridgehead atoms. The van der Waals surface area contributed by atoms with Gasteiger partial charge in [-0.3, -0.25) is 0 Å². The van der Waals surface area contributed by atoms with Crippen LogP contribution < -0.4 is 5.73 Å². The lowest BCUT2D eigenvalue weighted by Crippen LogP contribution is -2.51. The first kappa shape index (κ1) is 14.5. The lowest BCUT2D eigenvalue weighted by molar-refractivity contribution is 0.106. The van der Waals surface area contributed by atoms with E-state index >= 15 is 0 Å². The minimum absolute atomic E-state index is 0.0367. The third kappa shape index (κ3) is 2.65. The molecule has 1 rings (SSSR count). The Kier molecular flexibility index (Phi) is 4.99. The molecular weight excluding hydrogens is 232 g/mol. The van der Waals surface area contributed by atoms with E-state index in [4.69, 9.17) is 17.3 Å². The van der Waals surface area contributed by atoms with Gasteiger partial charge in [-0.05, 0) is 38.6 Å². The summed E-state index contributed by atoms with van der Waals surface area (Å²) in [6, 6.07) is 7.79. The second kappa shape index (κ2) is 5.85. The molecule has 0 saturated carbocycles. The van der Waals surface area contributed by atoms with Gasteiger partial charge in [-0.2, -0.15) is 0 Å². The fourth-order valence-electron chi connectivity index (χ4n) is 2.62. The van der Waals surface area contributed by atoms with Gasteiger partial charge in [0.1, 0.15) is 0 Å². The Balaban J connectivity index is 3.17. The summed E-state index contributed by atoms with van der Waals surface area (Å²) in [5, 5.41) is 0.758. The smallest absolute Gasteiger partial charge is 0.0496 e. The topological polar surface area (TPSA) is 29.3 Å². The van der Waals surface area contributed by atoms with Crippen LogP contribution in [0.3, 0.4) is 0 Å². The SMILES string of the molecule is CCC(CC)(C(N)c1ccccc1Cl)N(C)C. The summed E-state index contributed by atoms with van der Waals surface area (Å²) in [5.74, 6) is 0. The average molecular weight is 255 g/mol. The minimum atomic E-state index is -0.0683. The van der Waals surface area contributed by atoms with E-state index in [2.05, 4.69) is 32.8 Å². The van der Waals surface area contributed by atoms with Crippen molar-refractivity contribution in [1.29, 1.82) is 0 Å². The Morgan fingerprint density at radius 3 is 2.18 bits per heavy atom. The van der Waals surface area contributed by atoms with Crippen molar-refractivity contribution in [3.63, 3.8) is 0 Å². The van der Waals surface area contributed by atoms with Crippen molar-refractivity contribution in [3.05, 3.63) is 34.9 Å². The number of hydrogen-bond acceptors (Lipinski definition) is 2. The molecule has 0 aliphatic heterocycles. The summed E-state index contributed by atoms with van der Waals surface area (Å²) in [6.07, 6.45) is 2.01. The molecule has 1 unspecified atom stereocenters. The molecule has 0 aromatic heterocycles. The second-order valence-corrected chi connectivity index (χ2v) is 5.11. The number of rotatable bonds is 5. The van der Waals surface area contributed by atoms with E-state index < -0.39 is 0 Å². The van der Waals surface area contributed by atoms with Crippen molar-refractivity contribution in [1.82, 2.24) is 4.90 Å². The molecule has 1 aromatic rings. The maximum Gasteiger partial charge on any atom is 0.0496 e. The minimum Gasteiger partial charge on any atom is -0.322 e. The predicted octanol–water partition coefficient (Wildman–Crippen LogP) is 3.46. The predicted molar refractivity (Wildman–Crippen MR) is 75.4 cm³/mol. The highest BCUT2D eigenvalue weighted by atomic mass is 35.5. The maximum absolute atomic E-state index is 6.47. The monoisotopic (exact) mass is 254 g/mol. The fraction of sp³-hybridized carbons (Fsp3) is 0.571. The highest BCUT2D eigenvalue weighted by molar-refractivity contribution is 6.31. The molecule has 0 aliphatic carbocycles. The molecule has 0 fully saturated rings. The maximum atomic E-state index is 6.47. The number of halogens is 1. The van der Waals surface area contributed by atoms with Gasteiger partial charge in [0.2, 0.25) is 0 Å². The van der Waals surface area contributed by atoms with E-state index in [9.17, 15) is 0 Å². The van der Waals surface area contributed by atoms with Crippen molar-refractivity contribution in [3.8, 4) is 0 Å². The first-order chi connectivity index (χ1) is 7.99. The molecule has 1 atom stereocenters. The molecule has 17 heavy (non-hydrogen) atoms. The van der Waals surface area contributed by atoms with Crippen molar-refractivity contribution < 1.29 is 0 Å². The molecule has 2 nitrogen and oxygen atoms in total. The second-order valence-electron chi connectivity index (χ2n) is 4.70. The Morgan fingerprint density at radius 2 is 1.76 bits per heavy atom. The molecule has 0 radical (unpaired) electrons. The fourth-order valence-corrected chi connectivity index (χ4v) is 2.87. The molecule has 0 amide bonds. The molecule has 3 heteroatoms. The largest absolute Gasteiger partial charge is 0.322 e. The summed E-state index contributed by atoms with van der Waals surface area (Å²) < 4.78 is 0. The van der Waals surface area contributed by atoms with Crippen LogP contribution in [0.25, 0.3) is 0 Å². The van der Waals surface area contributed by atoms with Gasteiger partial charge in [0.25, 0.3) is 0 Å². The summed E-state index contributed by atoms with van der Waals surface area (Å²) >= 11 is 6.25. The number of benzene rings is 1. The Bertz CT molecular complexity index is 359. The van der Waals surface area contributed by atoms with Gasteiger partial charge >= 0.3 is 0 Å². The Hall–Kier alpha value is -0.570. The van der Waals surface area contributed by atoms with Crippen LogP contribution in [0.2, 0.25) is 5.02 Å². The van der Waals surface area contributed by atoms with E-state index in [1.807, 2.05) is 24.3 Å². The van der Waals surface area contributed by atoms with Crippen molar-refractivity contribution in [2.24, 2.45) is 5.73 Å². The van der Waals surface area contributed by atoms with Gasteiger partial charge in [0, 0.05) is 16.6 Å². The van der Waals surface area contributed by atoms with Gasteiger partial charge in [0.05, 0.1) is 0 Å². The first-order valence-electron chi connectivity index (χ1n) is 6.17. The summed E-state index contributed by atoms with van der Waals surface area (Å²) in [4.78, 5) is 2.22.